The number of nitrogens with zero attached hydrogens (tertiary/aromatic N) is 1. The third-order valence-corrected chi connectivity index (χ3v) is 7.39. The van der Waals surface area contributed by atoms with E-state index in [1.165, 1.54) is 11.4 Å². The Morgan fingerprint density at radius 3 is 2.38 bits per heavy atom. The summed E-state index contributed by atoms with van der Waals surface area (Å²) in [7, 11) is -2.11. The Morgan fingerprint density at radius 2 is 1.76 bits per heavy atom. The summed E-state index contributed by atoms with van der Waals surface area (Å²) >= 11 is 6.97. The number of ether oxygens (including phenoxy) is 2. The third-order valence-electron chi connectivity index (χ3n) is 3.98. The Labute approximate surface area is 178 Å². The van der Waals surface area contributed by atoms with Crippen LogP contribution in [0, 0.1) is 0 Å². The standard InChI is InChI=1S/C20H18ClNO5S2/c1-22(29(24,25)20-3-2-12-28-20)17-8-10-18(11-9-17)26-14-19(23)27-13-15-4-6-16(21)7-5-15/h2-12H,13-14H2,1H3. The van der Waals surface area contributed by atoms with Crippen molar-refractivity contribution in [2.45, 2.75) is 10.8 Å². The fourth-order valence-electron chi connectivity index (χ4n) is 2.36. The molecule has 0 radical (unpaired) electrons. The number of carbonyl (C=O) groups is 1. The number of anilines is 1. The molecule has 0 atom stereocenters. The molecule has 0 saturated heterocycles. The summed E-state index contributed by atoms with van der Waals surface area (Å²) in [5.41, 5.74) is 1.30. The SMILES string of the molecule is CN(c1ccc(OCC(=O)OCc2ccc(Cl)cc2)cc1)S(=O)(=O)c1cccs1. The van der Waals surface area contributed by atoms with E-state index in [4.69, 9.17) is 21.1 Å². The van der Waals surface area contributed by atoms with Gasteiger partial charge in [-0.3, -0.25) is 4.31 Å². The molecule has 3 aromatic rings. The van der Waals surface area contributed by atoms with Gasteiger partial charge in [-0.1, -0.05) is 29.8 Å². The predicted molar refractivity (Wildman–Crippen MR) is 113 cm³/mol. The van der Waals surface area contributed by atoms with Crippen molar-refractivity contribution in [3.63, 3.8) is 0 Å². The first-order valence-electron chi connectivity index (χ1n) is 8.51. The summed E-state index contributed by atoms with van der Waals surface area (Å²) in [6.45, 7) is -0.125. The van der Waals surface area contributed by atoms with Crippen molar-refractivity contribution < 1.29 is 22.7 Å². The second kappa shape index (κ2) is 9.30. The molecule has 29 heavy (non-hydrogen) atoms. The number of rotatable bonds is 8. The average Bonchev–Trinajstić information content (AvgIpc) is 3.27. The van der Waals surface area contributed by atoms with Crippen LogP contribution in [0.2, 0.25) is 5.02 Å². The van der Waals surface area contributed by atoms with Crippen LogP contribution in [0.15, 0.2) is 70.3 Å². The fourth-order valence-corrected chi connectivity index (χ4v) is 4.85. The molecule has 0 unspecified atom stereocenters. The molecule has 2 aromatic carbocycles. The average molecular weight is 452 g/mol. The van der Waals surface area contributed by atoms with E-state index in [9.17, 15) is 13.2 Å². The number of benzene rings is 2. The van der Waals surface area contributed by atoms with Crippen molar-refractivity contribution in [2.75, 3.05) is 18.0 Å². The predicted octanol–water partition coefficient (Wildman–Crippen LogP) is 4.35. The largest absolute Gasteiger partial charge is 0.482 e. The lowest BCUT2D eigenvalue weighted by molar-refractivity contribution is -0.147. The third kappa shape index (κ3) is 5.50. The van der Waals surface area contributed by atoms with E-state index in [0.29, 0.717) is 16.5 Å². The van der Waals surface area contributed by atoms with Crippen LogP contribution in [0.25, 0.3) is 0 Å². The fraction of sp³-hybridized carbons (Fsp3) is 0.150. The normalized spacial score (nSPS) is 11.1. The van der Waals surface area contributed by atoms with Gasteiger partial charge in [0.2, 0.25) is 0 Å². The van der Waals surface area contributed by atoms with Crippen LogP contribution in [-0.2, 0) is 26.2 Å². The second-order valence-corrected chi connectivity index (χ2v) is 9.55. The van der Waals surface area contributed by atoms with E-state index in [1.807, 2.05) is 0 Å². The Morgan fingerprint density at radius 1 is 1.07 bits per heavy atom. The van der Waals surface area contributed by atoms with Crippen LogP contribution in [0.4, 0.5) is 5.69 Å². The highest BCUT2D eigenvalue weighted by atomic mass is 35.5. The molecule has 0 amide bonds. The number of carbonyl (C=O) groups excluding carboxylic acids is 1. The zero-order valence-corrected chi connectivity index (χ0v) is 17.8. The molecule has 0 saturated carbocycles. The highest BCUT2D eigenvalue weighted by Crippen LogP contribution is 2.26. The van der Waals surface area contributed by atoms with Gasteiger partial charge in [0, 0.05) is 12.1 Å². The lowest BCUT2D eigenvalue weighted by Gasteiger charge is -2.18. The van der Waals surface area contributed by atoms with Gasteiger partial charge in [-0.05, 0) is 53.4 Å². The van der Waals surface area contributed by atoms with Gasteiger partial charge in [0.05, 0.1) is 5.69 Å². The molecule has 0 spiro atoms. The highest BCUT2D eigenvalue weighted by Gasteiger charge is 2.22. The van der Waals surface area contributed by atoms with Gasteiger partial charge in [-0.25, -0.2) is 13.2 Å². The van der Waals surface area contributed by atoms with E-state index in [1.54, 1.807) is 66.0 Å². The molecule has 0 N–H and O–H groups in total. The maximum absolute atomic E-state index is 12.5. The van der Waals surface area contributed by atoms with Crippen molar-refractivity contribution >= 4 is 44.6 Å². The van der Waals surface area contributed by atoms with Gasteiger partial charge in [0.15, 0.2) is 6.61 Å². The van der Waals surface area contributed by atoms with Crippen molar-refractivity contribution in [1.29, 1.82) is 0 Å². The Hall–Kier alpha value is -2.55. The van der Waals surface area contributed by atoms with Gasteiger partial charge in [0.25, 0.3) is 10.0 Å². The smallest absolute Gasteiger partial charge is 0.344 e. The molecular formula is C20H18ClNO5S2. The monoisotopic (exact) mass is 451 g/mol. The van der Waals surface area contributed by atoms with Crippen molar-refractivity contribution in [2.24, 2.45) is 0 Å². The number of thiophene rings is 1. The summed E-state index contributed by atoms with van der Waals surface area (Å²) in [4.78, 5) is 11.8. The van der Waals surface area contributed by atoms with Gasteiger partial charge in [0.1, 0.15) is 16.6 Å². The van der Waals surface area contributed by atoms with Crippen LogP contribution >= 0.6 is 22.9 Å². The van der Waals surface area contributed by atoms with Crippen molar-refractivity contribution in [3.8, 4) is 5.75 Å². The maximum atomic E-state index is 12.5. The lowest BCUT2D eigenvalue weighted by atomic mass is 10.2. The molecule has 0 fully saturated rings. The van der Waals surface area contributed by atoms with E-state index in [2.05, 4.69) is 0 Å². The Bertz CT molecular complexity index is 1050. The zero-order chi connectivity index (χ0) is 20.9. The van der Waals surface area contributed by atoms with Crippen LogP contribution in [-0.4, -0.2) is 28.0 Å². The van der Waals surface area contributed by atoms with Crippen LogP contribution in [0.3, 0.4) is 0 Å². The van der Waals surface area contributed by atoms with Gasteiger partial charge in [-0.15, -0.1) is 11.3 Å². The minimum Gasteiger partial charge on any atom is -0.482 e. The van der Waals surface area contributed by atoms with Gasteiger partial charge < -0.3 is 9.47 Å². The number of halogens is 1. The number of esters is 1. The molecular weight excluding hydrogens is 434 g/mol. The first-order valence-corrected chi connectivity index (χ1v) is 11.2. The number of hydrogen-bond acceptors (Lipinski definition) is 6. The molecule has 1 aromatic heterocycles. The van der Waals surface area contributed by atoms with Crippen LogP contribution < -0.4 is 9.04 Å². The van der Waals surface area contributed by atoms with Crippen LogP contribution in [0.5, 0.6) is 5.75 Å². The van der Waals surface area contributed by atoms with E-state index >= 15 is 0 Å². The van der Waals surface area contributed by atoms with Crippen LogP contribution in [0.1, 0.15) is 5.56 Å². The van der Waals surface area contributed by atoms with E-state index in [-0.39, 0.29) is 17.4 Å². The highest BCUT2D eigenvalue weighted by molar-refractivity contribution is 7.94. The minimum absolute atomic E-state index is 0.129. The van der Waals surface area contributed by atoms with Gasteiger partial charge in [-0.2, -0.15) is 0 Å². The van der Waals surface area contributed by atoms with E-state index in [0.717, 1.165) is 16.9 Å². The number of sulfonamides is 1. The first kappa shape index (κ1) is 21.2. The van der Waals surface area contributed by atoms with Crippen molar-refractivity contribution in [1.82, 2.24) is 0 Å². The molecule has 0 aliphatic rings. The topological polar surface area (TPSA) is 72.9 Å². The quantitative estimate of drug-likeness (QED) is 0.476. The molecule has 3 rings (SSSR count). The first-order chi connectivity index (χ1) is 13.9. The zero-order valence-electron chi connectivity index (χ0n) is 15.4. The van der Waals surface area contributed by atoms with Crippen molar-refractivity contribution in [3.05, 3.63) is 76.6 Å². The Kier molecular flexibility index (Phi) is 6.79. The minimum atomic E-state index is -3.60. The molecule has 0 aliphatic carbocycles. The number of hydrogen-bond donors (Lipinski definition) is 0. The summed E-state index contributed by atoms with van der Waals surface area (Å²) in [6, 6.07) is 16.7. The molecule has 0 aliphatic heterocycles. The maximum Gasteiger partial charge on any atom is 0.344 e. The second-order valence-electron chi connectivity index (χ2n) is 5.97. The lowest BCUT2D eigenvalue weighted by Crippen LogP contribution is -2.25. The molecule has 152 valence electrons. The Balaban J connectivity index is 1.52. The molecule has 9 heteroatoms. The summed E-state index contributed by atoms with van der Waals surface area (Å²) in [6.07, 6.45) is 0. The molecule has 6 nitrogen and oxygen atoms in total. The molecule has 1 heterocycles. The molecule has 0 bridgehead atoms. The summed E-state index contributed by atoms with van der Waals surface area (Å²) in [5, 5.41) is 2.32. The van der Waals surface area contributed by atoms with E-state index < -0.39 is 16.0 Å². The summed E-state index contributed by atoms with van der Waals surface area (Å²) in [5.74, 6) is -0.0828. The summed E-state index contributed by atoms with van der Waals surface area (Å²) < 4.78 is 37.1. The van der Waals surface area contributed by atoms with Gasteiger partial charge >= 0.3 is 5.97 Å².